The van der Waals surface area contributed by atoms with Crippen LogP contribution in [0.4, 0.5) is 0 Å². The van der Waals surface area contributed by atoms with Gasteiger partial charge >= 0.3 is 5.97 Å². The molecule has 0 bridgehead atoms. The fraction of sp³-hybridized carbons (Fsp3) is 0.429. The Labute approximate surface area is 111 Å². The van der Waals surface area contributed by atoms with Crippen molar-refractivity contribution in [3.8, 4) is 0 Å². The van der Waals surface area contributed by atoms with Gasteiger partial charge in [0.25, 0.3) is 0 Å². The van der Waals surface area contributed by atoms with Gasteiger partial charge in [-0.1, -0.05) is 24.3 Å². The molecule has 1 aromatic rings. The van der Waals surface area contributed by atoms with Crippen LogP contribution in [0.2, 0.25) is 0 Å². The highest BCUT2D eigenvalue weighted by Crippen LogP contribution is 2.33. The van der Waals surface area contributed by atoms with Crippen LogP contribution in [-0.4, -0.2) is 35.0 Å². The van der Waals surface area contributed by atoms with Crippen LogP contribution in [-0.2, 0) is 16.0 Å². The van der Waals surface area contributed by atoms with Crippen molar-refractivity contribution in [3.63, 3.8) is 0 Å². The van der Waals surface area contributed by atoms with E-state index in [0.717, 1.165) is 24.8 Å². The third-order valence-electron chi connectivity index (χ3n) is 3.45. The number of aryl methyl sites for hydroxylation is 1. The van der Waals surface area contributed by atoms with E-state index < -0.39 is 11.9 Å². The van der Waals surface area contributed by atoms with E-state index in [-0.39, 0.29) is 19.1 Å². The second kappa shape index (κ2) is 5.84. The van der Waals surface area contributed by atoms with Crippen LogP contribution in [0.1, 0.15) is 30.0 Å². The summed E-state index contributed by atoms with van der Waals surface area (Å²) in [5, 5.41) is 19.7. The Hall–Kier alpha value is -1.88. The number of carbonyl (C=O) groups is 2. The Balaban J connectivity index is 2.26. The summed E-state index contributed by atoms with van der Waals surface area (Å²) < 4.78 is 0. The van der Waals surface area contributed by atoms with Crippen LogP contribution in [0.15, 0.2) is 24.3 Å². The van der Waals surface area contributed by atoms with Crippen molar-refractivity contribution in [2.45, 2.75) is 25.3 Å². The maximum absolute atomic E-state index is 10.9. The Morgan fingerprint density at radius 2 is 2.05 bits per heavy atom. The lowest BCUT2D eigenvalue weighted by Gasteiger charge is -2.35. The summed E-state index contributed by atoms with van der Waals surface area (Å²) in [5.41, 5.74) is 2.21. The van der Waals surface area contributed by atoms with E-state index in [2.05, 4.69) is 0 Å². The molecule has 0 aliphatic heterocycles. The summed E-state index contributed by atoms with van der Waals surface area (Å²) in [7, 11) is 0. The molecule has 0 heterocycles. The number of hydrogen-bond donors (Lipinski definition) is 1. The molecule has 0 saturated heterocycles. The Bertz CT molecular complexity index is 470. The molecule has 1 aromatic carbocycles. The van der Waals surface area contributed by atoms with Gasteiger partial charge < -0.3 is 15.0 Å². The van der Waals surface area contributed by atoms with Gasteiger partial charge in [-0.2, -0.15) is 0 Å². The van der Waals surface area contributed by atoms with Crippen molar-refractivity contribution in [2.24, 2.45) is 0 Å². The topological polar surface area (TPSA) is 80.7 Å². The molecule has 1 atom stereocenters. The van der Waals surface area contributed by atoms with E-state index in [1.54, 1.807) is 0 Å². The third-order valence-corrected chi connectivity index (χ3v) is 3.45. The van der Waals surface area contributed by atoms with Gasteiger partial charge in [0.15, 0.2) is 0 Å². The third kappa shape index (κ3) is 3.32. The Morgan fingerprint density at radius 1 is 1.32 bits per heavy atom. The van der Waals surface area contributed by atoms with Gasteiger partial charge in [0.05, 0.1) is 12.5 Å². The van der Waals surface area contributed by atoms with E-state index in [1.165, 1.54) is 10.5 Å². The quantitative estimate of drug-likeness (QED) is 0.820. The molecule has 0 amide bonds. The highest BCUT2D eigenvalue weighted by molar-refractivity contribution is 5.71. The van der Waals surface area contributed by atoms with E-state index in [9.17, 15) is 14.7 Å². The summed E-state index contributed by atoms with van der Waals surface area (Å²) in [6.07, 6.45) is 2.67. The zero-order chi connectivity index (χ0) is 13.8. The first-order valence-corrected chi connectivity index (χ1v) is 6.31. The molecule has 0 fully saturated rings. The minimum atomic E-state index is -1.25. The number of carboxylic acids is 2. The maximum Gasteiger partial charge on any atom is 0.317 e. The number of aliphatic carboxylic acids is 2. The fourth-order valence-electron chi connectivity index (χ4n) is 2.72. The average Bonchev–Trinajstić information content (AvgIpc) is 2.36. The van der Waals surface area contributed by atoms with Crippen molar-refractivity contribution in [1.29, 1.82) is 0 Å². The smallest absolute Gasteiger partial charge is 0.317 e. The van der Waals surface area contributed by atoms with Crippen LogP contribution in [0.25, 0.3) is 0 Å². The molecule has 1 unspecified atom stereocenters. The van der Waals surface area contributed by atoms with Gasteiger partial charge in [0.1, 0.15) is 0 Å². The lowest BCUT2D eigenvalue weighted by molar-refractivity contribution is -0.306. The van der Waals surface area contributed by atoms with Gasteiger partial charge in [-0.15, -0.1) is 0 Å². The number of carbonyl (C=O) groups excluding carboxylic acids is 1. The normalized spacial score (nSPS) is 18.1. The van der Waals surface area contributed by atoms with E-state index in [0.29, 0.717) is 0 Å². The summed E-state index contributed by atoms with van der Waals surface area (Å²) >= 11 is 0. The van der Waals surface area contributed by atoms with Gasteiger partial charge in [-0.25, -0.2) is 0 Å². The predicted octanol–water partition coefficient (Wildman–Crippen LogP) is 0.201. The molecule has 1 N–H and O–H groups in total. The summed E-state index contributed by atoms with van der Waals surface area (Å²) in [6, 6.07) is 7.65. The largest absolute Gasteiger partial charge is 0.549 e. The van der Waals surface area contributed by atoms with Crippen molar-refractivity contribution in [2.75, 3.05) is 13.1 Å². The monoisotopic (exact) mass is 262 g/mol. The van der Waals surface area contributed by atoms with Gasteiger partial charge in [0, 0.05) is 12.6 Å². The van der Waals surface area contributed by atoms with Gasteiger partial charge in [-0.05, 0) is 30.4 Å². The van der Waals surface area contributed by atoms with Gasteiger partial charge in [0.2, 0.25) is 0 Å². The molecule has 1 aliphatic rings. The summed E-state index contributed by atoms with van der Waals surface area (Å²) in [6.45, 7) is -0.641. The number of rotatable bonds is 5. The number of hydrogen-bond acceptors (Lipinski definition) is 4. The number of fused-ring (bicyclic) bond motifs is 1. The van der Waals surface area contributed by atoms with E-state index in [4.69, 9.17) is 5.11 Å². The fourth-order valence-corrected chi connectivity index (χ4v) is 2.72. The second-order valence-corrected chi connectivity index (χ2v) is 4.78. The first-order valence-electron chi connectivity index (χ1n) is 6.31. The van der Waals surface area contributed by atoms with Crippen molar-refractivity contribution in [3.05, 3.63) is 35.4 Å². The zero-order valence-corrected chi connectivity index (χ0v) is 10.5. The molecule has 5 nitrogen and oxygen atoms in total. The number of benzene rings is 1. The zero-order valence-electron chi connectivity index (χ0n) is 10.5. The number of nitrogens with zero attached hydrogens (tertiary/aromatic N) is 1. The molecule has 0 saturated carbocycles. The maximum atomic E-state index is 10.9. The first kappa shape index (κ1) is 13.5. The molecule has 0 radical (unpaired) electrons. The standard InChI is InChI=1S/C14H17NO4/c16-13(17)8-15(9-14(18)19)12-7-3-5-10-4-1-2-6-11(10)12/h1-2,4,6,12H,3,5,7-9H2,(H,16,17)(H,18,19)/p-1. The first-order chi connectivity index (χ1) is 9.08. The molecule has 2 rings (SSSR count). The highest BCUT2D eigenvalue weighted by Gasteiger charge is 2.26. The van der Waals surface area contributed by atoms with Crippen LogP contribution in [0, 0.1) is 0 Å². The molecule has 0 aromatic heterocycles. The van der Waals surface area contributed by atoms with Gasteiger partial charge in [-0.3, -0.25) is 9.69 Å². The van der Waals surface area contributed by atoms with Crippen molar-refractivity contribution < 1.29 is 19.8 Å². The molecule has 19 heavy (non-hydrogen) atoms. The Kier molecular flexibility index (Phi) is 4.16. The summed E-state index contributed by atoms with van der Waals surface area (Å²) in [5.74, 6) is -2.27. The highest BCUT2D eigenvalue weighted by atomic mass is 16.4. The minimum Gasteiger partial charge on any atom is -0.549 e. The van der Waals surface area contributed by atoms with Crippen molar-refractivity contribution >= 4 is 11.9 Å². The molecular weight excluding hydrogens is 246 g/mol. The predicted molar refractivity (Wildman–Crippen MR) is 66.3 cm³/mol. The molecule has 1 aliphatic carbocycles. The molecule has 102 valence electrons. The van der Waals surface area contributed by atoms with E-state index in [1.807, 2.05) is 24.3 Å². The molecule has 5 heteroatoms. The minimum absolute atomic E-state index is 0.154. The summed E-state index contributed by atoms with van der Waals surface area (Å²) in [4.78, 5) is 23.2. The van der Waals surface area contributed by atoms with Crippen LogP contribution >= 0.6 is 0 Å². The molecule has 0 spiro atoms. The lowest BCUT2D eigenvalue weighted by atomic mass is 9.87. The van der Waals surface area contributed by atoms with Crippen LogP contribution in [0.3, 0.4) is 0 Å². The second-order valence-electron chi connectivity index (χ2n) is 4.78. The lowest BCUT2D eigenvalue weighted by Crippen LogP contribution is -2.43. The van der Waals surface area contributed by atoms with Crippen LogP contribution < -0.4 is 5.11 Å². The average molecular weight is 262 g/mol. The molecular formula is C14H16NO4-. The number of carboxylic acid groups (broad SMARTS) is 2. The SMILES string of the molecule is O=C([O-])CN(CC(=O)O)C1CCCc2ccccc21. The van der Waals surface area contributed by atoms with Crippen molar-refractivity contribution in [1.82, 2.24) is 4.90 Å². The van der Waals surface area contributed by atoms with E-state index >= 15 is 0 Å². The Morgan fingerprint density at radius 3 is 2.74 bits per heavy atom. The van der Waals surface area contributed by atoms with Crippen LogP contribution in [0.5, 0.6) is 0 Å².